The van der Waals surface area contributed by atoms with Crippen LogP contribution in [-0.4, -0.2) is 34.5 Å². The molecule has 1 amide bonds. The van der Waals surface area contributed by atoms with Gasteiger partial charge in [-0.3, -0.25) is 9.48 Å². The van der Waals surface area contributed by atoms with Gasteiger partial charge in [0.15, 0.2) is 0 Å². The number of aromatic nitrogens is 2. The molecule has 1 aromatic carbocycles. The van der Waals surface area contributed by atoms with Crippen molar-refractivity contribution in [2.75, 3.05) is 24.2 Å². The van der Waals surface area contributed by atoms with Crippen molar-refractivity contribution in [1.29, 1.82) is 0 Å². The first kappa shape index (κ1) is 18.8. The molecular formula is C17H23ClN4OS. The highest BCUT2D eigenvalue weighted by molar-refractivity contribution is 7.99. The van der Waals surface area contributed by atoms with Gasteiger partial charge in [0.05, 0.1) is 0 Å². The Morgan fingerprint density at radius 3 is 2.83 bits per heavy atom. The largest absolute Gasteiger partial charge is 0.324 e. The zero-order valence-corrected chi connectivity index (χ0v) is 15.3. The van der Waals surface area contributed by atoms with E-state index in [9.17, 15) is 4.79 Å². The standard InChI is InChI=1S/C17H22N4OS.ClH/c1-2-23-15-6-3-5-14(13-15)20-16(22)17(7-10-18-11-8-17)21-12-4-9-19-21;/h3-6,9,12-13,18H,2,7-8,10-11H2,1H3,(H,20,22);1H. The maximum Gasteiger partial charge on any atom is 0.252 e. The van der Waals surface area contributed by atoms with Gasteiger partial charge in [0.1, 0.15) is 5.54 Å². The lowest BCUT2D eigenvalue weighted by Crippen LogP contribution is -2.52. The Kier molecular flexibility index (Phi) is 6.71. The highest BCUT2D eigenvalue weighted by atomic mass is 35.5. The Labute approximate surface area is 153 Å². The van der Waals surface area contributed by atoms with E-state index in [-0.39, 0.29) is 18.3 Å². The number of thioether (sulfide) groups is 1. The number of anilines is 1. The van der Waals surface area contributed by atoms with Crippen LogP contribution in [0.25, 0.3) is 0 Å². The molecule has 1 saturated heterocycles. The topological polar surface area (TPSA) is 59.0 Å². The van der Waals surface area contributed by atoms with Crippen molar-refractivity contribution < 1.29 is 4.79 Å². The van der Waals surface area contributed by atoms with Gasteiger partial charge in [0, 0.05) is 23.0 Å². The highest BCUT2D eigenvalue weighted by Crippen LogP contribution is 2.29. The van der Waals surface area contributed by atoms with Crippen molar-refractivity contribution in [3.05, 3.63) is 42.7 Å². The van der Waals surface area contributed by atoms with E-state index in [1.807, 2.05) is 35.1 Å². The van der Waals surface area contributed by atoms with Crippen molar-refractivity contribution in [3.8, 4) is 0 Å². The maximum atomic E-state index is 13.1. The second-order valence-corrected chi connectivity index (χ2v) is 6.98. The summed E-state index contributed by atoms with van der Waals surface area (Å²) >= 11 is 1.77. The number of rotatable bonds is 5. The molecule has 0 aliphatic carbocycles. The Hall–Kier alpha value is -1.50. The molecule has 1 aromatic heterocycles. The summed E-state index contributed by atoms with van der Waals surface area (Å²) in [4.78, 5) is 14.2. The molecule has 24 heavy (non-hydrogen) atoms. The highest BCUT2D eigenvalue weighted by Gasteiger charge is 2.42. The molecule has 0 radical (unpaired) electrons. The van der Waals surface area contributed by atoms with Crippen molar-refractivity contribution in [3.63, 3.8) is 0 Å². The zero-order chi connectivity index (χ0) is 16.1. The van der Waals surface area contributed by atoms with Crippen LogP contribution < -0.4 is 10.6 Å². The molecule has 1 aliphatic heterocycles. The van der Waals surface area contributed by atoms with Crippen LogP contribution in [0.2, 0.25) is 0 Å². The van der Waals surface area contributed by atoms with Crippen molar-refractivity contribution in [2.24, 2.45) is 0 Å². The number of piperidine rings is 1. The van der Waals surface area contributed by atoms with E-state index >= 15 is 0 Å². The van der Waals surface area contributed by atoms with E-state index in [1.165, 1.54) is 4.90 Å². The van der Waals surface area contributed by atoms with Crippen LogP contribution >= 0.6 is 24.2 Å². The second kappa shape index (κ2) is 8.55. The minimum Gasteiger partial charge on any atom is -0.324 e. The molecule has 0 bridgehead atoms. The van der Waals surface area contributed by atoms with Crippen LogP contribution in [0.15, 0.2) is 47.6 Å². The van der Waals surface area contributed by atoms with E-state index in [0.29, 0.717) is 0 Å². The van der Waals surface area contributed by atoms with Gasteiger partial charge in [-0.05, 0) is 55.9 Å². The minimum absolute atomic E-state index is 0. The molecule has 130 valence electrons. The predicted molar refractivity (Wildman–Crippen MR) is 101 cm³/mol. The first-order chi connectivity index (χ1) is 11.2. The van der Waals surface area contributed by atoms with Crippen LogP contribution in [0.4, 0.5) is 5.69 Å². The number of halogens is 1. The smallest absolute Gasteiger partial charge is 0.252 e. The lowest BCUT2D eigenvalue weighted by atomic mass is 9.87. The molecule has 1 aliphatic rings. The second-order valence-electron chi connectivity index (χ2n) is 5.65. The van der Waals surface area contributed by atoms with Crippen molar-refractivity contribution in [2.45, 2.75) is 30.2 Å². The molecule has 0 unspecified atom stereocenters. The number of benzene rings is 1. The fourth-order valence-corrected chi connectivity index (χ4v) is 3.72. The average molecular weight is 367 g/mol. The first-order valence-electron chi connectivity index (χ1n) is 8.00. The number of carbonyl (C=O) groups is 1. The normalized spacial score (nSPS) is 16.2. The van der Waals surface area contributed by atoms with Gasteiger partial charge in [0.25, 0.3) is 5.91 Å². The summed E-state index contributed by atoms with van der Waals surface area (Å²) in [5.74, 6) is 1.03. The average Bonchev–Trinajstić information content (AvgIpc) is 3.11. The lowest BCUT2D eigenvalue weighted by Gasteiger charge is -2.36. The Morgan fingerprint density at radius 1 is 1.38 bits per heavy atom. The summed E-state index contributed by atoms with van der Waals surface area (Å²) in [6, 6.07) is 9.89. The van der Waals surface area contributed by atoms with E-state index < -0.39 is 5.54 Å². The summed E-state index contributed by atoms with van der Waals surface area (Å²) in [6.07, 6.45) is 5.09. The molecule has 3 rings (SSSR count). The van der Waals surface area contributed by atoms with Gasteiger partial charge in [-0.15, -0.1) is 24.2 Å². The van der Waals surface area contributed by atoms with Gasteiger partial charge in [-0.2, -0.15) is 5.10 Å². The number of nitrogens with one attached hydrogen (secondary N) is 2. The lowest BCUT2D eigenvalue weighted by molar-refractivity contribution is -0.126. The fraction of sp³-hybridized carbons (Fsp3) is 0.412. The van der Waals surface area contributed by atoms with Crippen molar-refractivity contribution in [1.82, 2.24) is 15.1 Å². The molecule has 2 N–H and O–H groups in total. The third-order valence-electron chi connectivity index (χ3n) is 4.20. The van der Waals surface area contributed by atoms with E-state index in [4.69, 9.17) is 0 Å². The molecule has 1 fully saturated rings. The summed E-state index contributed by atoms with van der Waals surface area (Å²) in [7, 11) is 0. The van der Waals surface area contributed by atoms with Crippen LogP contribution in [0.5, 0.6) is 0 Å². The number of amides is 1. The molecule has 7 heteroatoms. The summed E-state index contributed by atoms with van der Waals surface area (Å²) in [5.41, 5.74) is 0.237. The van der Waals surface area contributed by atoms with Crippen LogP contribution in [0.3, 0.4) is 0 Å². The summed E-state index contributed by atoms with van der Waals surface area (Å²) < 4.78 is 1.81. The number of hydrogen-bond donors (Lipinski definition) is 2. The van der Waals surface area contributed by atoms with E-state index in [2.05, 4.69) is 28.7 Å². The summed E-state index contributed by atoms with van der Waals surface area (Å²) in [5, 5.41) is 10.8. The van der Waals surface area contributed by atoms with Gasteiger partial charge in [-0.1, -0.05) is 13.0 Å². The fourth-order valence-electron chi connectivity index (χ4n) is 3.00. The molecule has 2 aromatic rings. The molecule has 2 heterocycles. The van der Waals surface area contributed by atoms with Gasteiger partial charge in [0.2, 0.25) is 0 Å². The Morgan fingerprint density at radius 2 is 2.17 bits per heavy atom. The van der Waals surface area contributed by atoms with Crippen LogP contribution in [0.1, 0.15) is 19.8 Å². The minimum atomic E-state index is -0.608. The van der Waals surface area contributed by atoms with Crippen LogP contribution in [-0.2, 0) is 10.3 Å². The Bertz CT molecular complexity index is 656. The SMILES string of the molecule is CCSc1cccc(NC(=O)C2(n3cccn3)CCNCC2)c1.Cl. The molecule has 0 atom stereocenters. The Balaban J connectivity index is 0.00000208. The molecular weight excluding hydrogens is 344 g/mol. The monoisotopic (exact) mass is 366 g/mol. The van der Waals surface area contributed by atoms with E-state index in [0.717, 1.165) is 37.4 Å². The van der Waals surface area contributed by atoms with Gasteiger partial charge < -0.3 is 10.6 Å². The first-order valence-corrected chi connectivity index (χ1v) is 8.98. The number of carbonyl (C=O) groups excluding carboxylic acids is 1. The number of nitrogens with zero attached hydrogens (tertiary/aromatic N) is 2. The number of hydrogen-bond acceptors (Lipinski definition) is 4. The molecule has 0 spiro atoms. The van der Waals surface area contributed by atoms with Crippen molar-refractivity contribution >= 4 is 35.8 Å². The summed E-state index contributed by atoms with van der Waals surface area (Å²) in [6.45, 7) is 3.76. The van der Waals surface area contributed by atoms with E-state index in [1.54, 1.807) is 18.0 Å². The zero-order valence-electron chi connectivity index (χ0n) is 13.7. The van der Waals surface area contributed by atoms with Gasteiger partial charge >= 0.3 is 0 Å². The molecule has 0 saturated carbocycles. The quantitative estimate of drug-likeness (QED) is 0.798. The van der Waals surface area contributed by atoms with Gasteiger partial charge in [-0.25, -0.2) is 0 Å². The van der Waals surface area contributed by atoms with Crippen LogP contribution in [0, 0.1) is 0 Å². The third kappa shape index (κ3) is 3.94. The molecule has 5 nitrogen and oxygen atoms in total. The maximum absolute atomic E-state index is 13.1. The predicted octanol–water partition coefficient (Wildman–Crippen LogP) is 3.13. The third-order valence-corrected chi connectivity index (χ3v) is 5.08.